The Hall–Kier alpha value is -3.73. The van der Waals surface area contributed by atoms with Gasteiger partial charge in [0.25, 0.3) is 5.91 Å². The number of anilines is 1. The predicted octanol–water partition coefficient (Wildman–Crippen LogP) is 5.26. The predicted molar refractivity (Wildman–Crippen MR) is 109 cm³/mol. The van der Waals surface area contributed by atoms with Gasteiger partial charge in [-0.05, 0) is 62.4 Å². The number of carbonyl (C=O) groups is 2. The summed E-state index contributed by atoms with van der Waals surface area (Å²) in [5.74, 6) is 1.12. The molecule has 0 saturated heterocycles. The number of nitrogens with one attached hydrogen (secondary N) is 1. The standard InChI is InChI=1S/C23H18N2O3/c1-14-7-12-22(28-14)21-13-19(18-5-3-4-6-20(18)25-21)23(27)24-17-10-8-16(9-11-17)15(2)26/h3-13H,1-2H3,(H,24,27). The second kappa shape index (κ2) is 7.12. The van der Waals surface area contributed by atoms with Crippen molar-refractivity contribution < 1.29 is 14.0 Å². The molecule has 0 spiro atoms. The third-order valence-electron chi connectivity index (χ3n) is 4.50. The Kier molecular flexibility index (Phi) is 4.49. The number of hydrogen-bond acceptors (Lipinski definition) is 4. The Morgan fingerprint density at radius 3 is 2.39 bits per heavy atom. The van der Waals surface area contributed by atoms with Gasteiger partial charge in [0, 0.05) is 16.6 Å². The number of furan rings is 1. The normalized spacial score (nSPS) is 10.8. The summed E-state index contributed by atoms with van der Waals surface area (Å²) in [4.78, 5) is 29.0. The zero-order valence-electron chi connectivity index (χ0n) is 15.5. The van der Waals surface area contributed by atoms with E-state index in [4.69, 9.17) is 4.42 Å². The first-order valence-corrected chi connectivity index (χ1v) is 8.90. The van der Waals surface area contributed by atoms with Crippen LogP contribution in [-0.2, 0) is 0 Å². The first-order valence-electron chi connectivity index (χ1n) is 8.90. The second-order valence-electron chi connectivity index (χ2n) is 6.57. The number of aromatic nitrogens is 1. The van der Waals surface area contributed by atoms with Crippen molar-refractivity contribution in [3.63, 3.8) is 0 Å². The number of benzene rings is 2. The molecule has 0 radical (unpaired) electrons. The van der Waals surface area contributed by atoms with Crippen LogP contribution in [0, 0.1) is 6.92 Å². The molecule has 0 aliphatic rings. The van der Waals surface area contributed by atoms with Gasteiger partial charge in [-0.15, -0.1) is 0 Å². The van der Waals surface area contributed by atoms with E-state index < -0.39 is 0 Å². The number of ketones is 1. The average Bonchev–Trinajstić information content (AvgIpc) is 3.14. The molecule has 2 aromatic carbocycles. The van der Waals surface area contributed by atoms with E-state index in [2.05, 4.69) is 10.3 Å². The lowest BCUT2D eigenvalue weighted by Gasteiger charge is -2.10. The van der Waals surface area contributed by atoms with Crippen LogP contribution < -0.4 is 5.32 Å². The highest BCUT2D eigenvalue weighted by Crippen LogP contribution is 2.27. The van der Waals surface area contributed by atoms with Gasteiger partial charge in [-0.3, -0.25) is 9.59 Å². The van der Waals surface area contributed by atoms with Crippen molar-refractivity contribution in [3.05, 3.63) is 83.6 Å². The molecule has 0 aliphatic heterocycles. The van der Waals surface area contributed by atoms with Crippen LogP contribution >= 0.6 is 0 Å². The number of rotatable bonds is 4. The molecule has 1 amide bonds. The van der Waals surface area contributed by atoms with Gasteiger partial charge in [0.1, 0.15) is 11.5 Å². The van der Waals surface area contributed by atoms with Crippen LogP contribution in [0.1, 0.15) is 33.4 Å². The Balaban J connectivity index is 1.73. The lowest BCUT2D eigenvalue weighted by molar-refractivity contribution is 0.101. The van der Waals surface area contributed by atoms with Crippen molar-refractivity contribution in [2.75, 3.05) is 5.32 Å². The second-order valence-corrected chi connectivity index (χ2v) is 6.57. The molecule has 28 heavy (non-hydrogen) atoms. The minimum absolute atomic E-state index is 0.0172. The summed E-state index contributed by atoms with van der Waals surface area (Å²) in [7, 11) is 0. The number of pyridine rings is 1. The Labute approximate surface area is 162 Å². The highest BCUT2D eigenvalue weighted by molar-refractivity contribution is 6.13. The maximum Gasteiger partial charge on any atom is 0.256 e. The number of hydrogen-bond donors (Lipinski definition) is 1. The molecule has 4 aromatic rings. The van der Waals surface area contributed by atoms with Gasteiger partial charge in [-0.25, -0.2) is 4.98 Å². The summed E-state index contributed by atoms with van der Waals surface area (Å²) in [5.41, 5.74) is 3.04. The molecule has 0 unspecified atom stereocenters. The van der Waals surface area contributed by atoms with E-state index in [0.717, 1.165) is 11.1 Å². The molecule has 0 bridgehead atoms. The fourth-order valence-corrected chi connectivity index (χ4v) is 3.05. The molecule has 2 heterocycles. The number of Topliss-reactive ketones (excluding diaryl/α,β-unsaturated/α-hetero) is 1. The van der Waals surface area contributed by atoms with E-state index in [0.29, 0.717) is 33.8 Å². The van der Waals surface area contributed by atoms with Gasteiger partial charge in [0.2, 0.25) is 0 Å². The number of fused-ring (bicyclic) bond motifs is 1. The topological polar surface area (TPSA) is 72.2 Å². The van der Waals surface area contributed by atoms with Crippen molar-refractivity contribution in [1.29, 1.82) is 0 Å². The van der Waals surface area contributed by atoms with Crippen LogP contribution in [-0.4, -0.2) is 16.7 Å². The molecule has 0 saturated carbocycles. The molecule has 2 aromatic heterocycles. The average molecular weight is 370 g/mol. The number of nitrogens with zero attached hydrogens (tertiary/aromatic N) is 1. The molecule has 5 nitrogen and oxygen atoms in total. The van der Waals surface area contributed by atoms with Crippen LogP contribution in [0.25, 0.3) is 22.4 Å². The maximum absolute atomic E-state index is 13.0. The molecular weight excluding hydrogens is 352 g/mol. The van der Waals surface area contributed by atoms with Crippen LogP contribution in [0.15, 0.2) is 71.1 Å². The van der Waals surface area contributed by atoms with Gasteiger partial charge in [0.05, 0.1) is 11.1 Å². The Morgan fingerprint density at radius 1 is 0.964 bits per heavy atom. The van der Waals surface area contributed by atoms with E-state index in [1.54, 1.807) is 30.3 Å². The first kappa shape index (κ1) is 17.7. The lowest BCUT2D eigenvalue weighted by Crippen LogP contribution is -2.13. The van der Waals surface area contributed by atoms with Crippen molar-refractivity contribution >= 4 is 28.3 Å². The molecular formula is C23H18N2O3. The van der Waals surface area contributed by atoms with Crippen LogP contribution in [0.2, 0.25) is 0 Å². The Morgan fingerprint density at radius 2 is 1.71 bits per heavy atom. The van der Waals surface area contributed by atoms with E-state index in [-0.39, 0.29) is 11.7 Å². The van der Waals surface area contributed by atoms with Crippen LogP contribution in [0.4, 0.5) is 5.69 Å². The molecule has 0 fully saturated rings. The smallest absolute Gasteiger partial charge is 0.256 e. The van der Waals surface area contributed by atoms with Gasteiger partial charge < -0.3 is 9.73 Å². The van der Waals surface area contributed by atoms with Crippen LogP contribution in [0.3, 0.4) is 0 Å². The number of carbonyl (C=O) groups excluding carboxylic acids is 2. The van der Waals surface area contributed by atoms with Gasteiger partial charge in [0.15, 0.2) is 11.5 Å². The fourth-order valence-electron chi connectivity index (χ4n) is 3.05. The largest absolute Gasteiger partial charge is 0.460 e. The van der Waals surface area contributed by atoms with Crippen molar-refractivity contribution in [3.8, 4) is 11.5 Å². The van der Waals surface area contributed by atoms with Crippen molar-refractivity contribution in [2.45, 2.75) is 13.8 Å². The molecule has 0 aliphatic carbocycles. The zero-order chi connectivity index (χ0) is 19.7. The lowest BCUT2D eigenvalue weighted by atomic mass is 10.1. The van der Waals surface area contributed by atoms with Crippen molar-refractivity contribution in [2.24, 2.45) is 0 Å². The third-order valence-corrected chi connectivity index (χ3v) is 4.50. The summed E-state index contributed by atoms with van der Waals surface area (Å²) in [6.07, 6.45) is 0. The molecule has 1 N–H and O–H groups in total. The summed E-state index contributed by atoms with van der Waals surface area (Å²) >= 11 is 0. The first-order chi connectivity index (χ1) is 13.5. The van der Waals surface area contributed by atoms with E-state index >= 15 is 0 Å². The summed E-state index contributed by atoms with van der Waals surface area (Å²) in [6, 6.07) is 19.8. The van der Waals surface area contributed by atoms with E-state index in [9.17, 15) is 9.59 Å². The van der Waals surface area contributed by atoms with E-state index in [1.807, 2.05) is 43.3 Å². The molecule has 4 rings (SSSR count). The quantitative estimate of drug-likeness (QED) is 0.498. The zero-order valence-corrected chi connectivity index (χ0v) is 15.5. The van der Waals surface area contributed by atoms with Crippen molar-refractivity contribution in [1.82, 2.24) is 4.98 Å². The molecule has 5 heteroatoms. The molecule has 0 atom stereocenters. The van der Waals surface area contributed by atoms with E-state index in [1.165, 1.54) is 6.92 Å². The fraction of sp³-hybridized carbons (Fsp3) is 0.0870. The minimum Gasteiger partial charge on any atom is -0.460 e. The monoisotopic (exact) mass is 370 g/mol. The number of amides is 1. The summed E-state index contributed by atoms with van der Waals surface area (Å²) in [5, 5.41) is 3.65. The highest BCUT2D eigenvalue weighted by atomic mass is 16.3. The number of para-hydroxylation sites is 1. The summed E-state index contributed by atoms with van der Waals surface area (Å²) in [6.45, 7) is 3.37. The van der Waals surface area contributed by atoms with Gasteiger partial charge >= 0.3 is 0 Å². The molecule has 138 valence electrons. The maximum atomic E-state index is 13.0. The minimum atomic E-state index is -0.251. The van der Waals surface area contributed by atoms with Gasteiger partial charge in [-0.2, -0.15) is 0 Å². The van der Waals surface area contributed by atoms with Gasteiger partial charge in [-0.1, -0.05) is 18.2 Å². The SMILES string of the molecule is CC(=O)c1ccc(NC(=O)c2cc(-c3ccc(C)o3)nc3ccccc23)cc1. The highest BCUT2D eigenvalue weighted by Gasteiger charge is 2.15. The number of aryl methyl sites for hydroxylation is 1. The summed E-state index contributed by atoms with van der Waals surface area (Å²) < 4.78 is 5.68. The Bertz CT molecular complexity index is 1190. The third kappa shape index (κ3) is 3.42. The van der Waals surface area contributed by atoms with Crippen LogP contribution in [0.5, 0.6) is 0 Å².